The molecule has 0 spiro atoms. The van der Waals surface area contributed by atoms with E-state index in [1.165, 1.54) is 6.92 Å². The summed E-state index contributed by atoms with van der Waals surface area (Å²) in [5, 5.41) is 15.5. The third kappa shape index (κ3) is 16.8. The molecule has 0 saturated heterocycles. The Morgan fingerprint density at radius 2 is 1.52 bits per heavy atom. The maximum Gasteiger partial charge on any atom is 0.330 e. The van der Waals surface area contributed by atoms with Crippen LogP contribution in [0.25, 0.3) is 0 Å². The Labute approximate surface area is 135 Å². The second-order valence-corrected chi connectivity index (χ2v) is 3.93. The molecular weight excluding hydrogens is 300 g/mol. The van der Waals surface area contributed by atoms with Crippen LogP contribution in [0, 0.1) is 0 Å². The van der Waals surface area contributed by atoms with Crippen LogP contribution in [0.4, 0.5) is 0 Å². The van der Waals surface area contributed by atoms with Gasteiger partial charge in [-0.2, -0.15) is 0 Å². The quantitative estimate of drug-likeness (QED) is 0.639. The standard InChI is InChI=1S/C10H10O2.C4H6O2.C3H4O2/c1-2-10(11)12-8-9-6-4-3-5-7-9;1-3(2)4(5)6;1-2-3(4)5/h2-7H,1,8H2;1H2,2H3,(H,5,6);2H,1H2,(H,4,5). The van der Waals surface area contributed by atoms with Crippen LogP contribution < -0.4 is 0 Å². The summed E-state index contributed by atoms with van der Waals surface area (Å²) in [5.41, 5.74) is 1.16. The molecule has 0 radical (unpaired) electrons. The molecule has 0 aliphatic rings. The molecule has 0 bridgehead atoms. The first-order chi connectivity index (χ1) is 10.7. The van der Waals surface area contributed by atoms with Crippen molar-refractivity contribution in [3.8, 4) is 0 Å². The van der Waals surface area contributed by atoms with Crippen LogP contribution in [0.2, 0.25) is 0 Å². The highest BCUT2D eigenvalue weighted by molar-refractivity contribution is 5.84. The Hall–Kier alpha value is -3.15. The van der Waals surface area contributed by atoms with Crippen LogP contribution in [-0.4, -0.2) is 28.1 Å². The molecule has 1 rings (SSSR count). The molecule has 0 amide bonds. The van der Waals surface area contributed by atoms with Crippen molar-refractivity contribution in [1.82, 2.24) is 0 Å². The van der Waals surface area contributed by atoms with Gasteiger partial charge in [-0.1, -0.05) is 50.1 Å². The zero-order chi connectivity index (χ0) is 18.3. The van der Waals surface area contributed by atoms with Crippen molar-refractivity contribution in [2.45, 2.75) is 13.5 Å². The van der Waals surface area contributed by atoms with E-state index in [4.69, 9.17) is 14.9 Å². The molecule has 2 N–H and O–H groups in total. The van der Waals surface area contributed by atoms with Gasteiger partial charge in [0.1, 0.15) is 6.61 Å². The topological polar surface area (TPSA) is 101 Å². The molecule has 1 aromatic rings. The van der Waals surface area contributed by atoms with Crippen LogP contribution in [-0.2, 0) is 25.7 Å². The Morgan fingerprint density at radius 1 is 1.09 bits per heavy atom. The van der Waals surface area contributed by atoms with Gasteiger partial charge in [0.25, 0.3) is 0 Å². The largest absolute Gasteiger partial charge is 0.478 e. The minimum absolute atomic E-state index is 0.176. The predicted molar refractivity (Wildman–Crippen MR) is 86.7 cm³/mol. The number of carbonyl (C=O) groups excluding carboxylic acids is 1. The second kappa shape index (κ2) is 13.8. The summed E-state index contributed by atoms with van der Waals surface area (Å²) in [6.07, 6.45) is 1.99. The molecule has 0 unspecified atom stereocenters. The molecule has 6 heteroatoms. The molecule has 6 nitrogen and oxygen atoms in total. The molecular formula is C17H20O6. The number of carbonyl (C=O) groups is 3. The summed E-state index contributed by atoms with van der Waals surface area (Å²) in [6, 6.07) is 9.51. The summed E-state index contributed by atoms with van der Waals surface area (Å²) >= 11 is 0. The molecule has 0 aliphatic carbocycles. The minimum Gasteiger partial charge on any atom is -0.478 e. The molecule has 0 heterocycles. The Bertz CT molecular complexity index is 533. The lowest BCUT2D eigenvalue weighted by Crippen LogP contribution is -1.99. The number of benzene rings is 1. The molecule has 0 aromatic heterocycles. The molecule has 0 atom stereocenters. The highest BCUT2D eigenvalue weighted by atomic mass is 16.5. The highest BCUT2D eigenvalue weighted by Crippen LogP contribution is 2.00. The fraction of sp³-hybridized carbons (Fsp3) is 0.118. The summed E-state index contributed by atoms with van der Waals surface area (Å²) < 4.78 is 4.82. The van der Waals surface area contributed by atoms with E-state index in [0.29, 0.717) is 6.61 Å². The normalized spacial score (nSPS) is 8.04. The number of rotatable bonds is 5. The minimum atomic E-state index is -0.981. The number of hydrogen-bond acceptors (Lipinski definition) is 4. The molecule has 0 aliphatic heterocycles. The van der Waals surface area contributed by atoms with Gasteiger partial charge < -0.3 is 14.9 Å². The third-order valence-corrected chi connectivity index (χ3v) is 1.93. The van der Waals surface area contributed by atoms with E-state index in [-0.39, 0.29) is 11.5 Å². The first-order valence-corrected chi connectivity index (χ1v) is 6.31. The van der Waals surface area contributed by atoms with E-state index in [1.807, 2.05) is 30.3 Å². The average molecular weight is 320 g/mol. The molecule has 0 fully saturated rings. The van der Waals surface area contributed by atoms with Crippen LogP contribution in [0.5, 0.6) is 0 Å². The van der Waals surface area contributed by atoms with E-state index < -0.39 is 11.9 Å². The average Bonchev–Trinajstić information content (AvgIpc) is 2.54. The van der Waals surface area contributed by atoms with Gasteiger partial charge in [-0.3, -0.25) is 0 Å². The van der Waals surface area contributed by atoms with E-state index in [0.717, 1.165) is 17.7 Å². The number of hydrogen-bond donors (Lipinski definition) is 2. The van der Waals surface area contributed by atoms with Crippen molar-refractivity contribution in [2.24, 2.45) is 0 Å². The predicted octanol–water partition coefficient (Wildman–Crippen LogP) is 2.82. The van der Waals surface area contributed by atoms with E-state index in [1.54, 1.807) is 0 Å². The Kier molecular flexibility index (Phi) is 13.3. The summed E-state index contributed by atoms with van der Waals surface area (Å²) in [4.78, 5) is 29.5. The van der Waals surface area contributed by atoms with Gasteiger partial charge in [0.2, 0.25) is 0 Å². The number of carboxylic acid groups (broad SMARTS) is 2. The van der Waals surface area contributed by atoms with Gasteiger partial charge >= 0.3 is 17.9 Å². The number of aliphatic carboxylic acids is 2. The van der Waals surface area contributed by atoms with Crippen LogP contribution in [0.15, 0.2) is 67.8 Å². The van der Waals surface area contributed by atoms with Crippen LogP contribution in [0.1, 0.15) is 12.5 Å². The zero-order valence-corrected chi connectivity index (χ0v) is 12.9. The van der Waals surface area contributed by atoms with Gasteiger partial charge in [-0.15, -0.1) is 0 Å². The van der Waals surface area contributed by atoms with Crippen molar-refractivity contribution in [3.63, 3.8) is 0 Å². The van der Waals surface area contributed by atoms with E-state index in [2.05, 4.69) is 19.7 Å². The zero-order valence-electron chi connectivity index (χ0n) is 12.9. The Morgan fingerprint density at radius 3 is 1.83 bits per heavy atom. The molecule has 23 heavy (non-hydrogen) atoms. The smallest absolute Gasteiger partial charge is 0.330 e. The maximum atomic E-state index is 10.6. The van der Waals surface area contributed by atoms with Crippen molar-refractivity contribution in [1.29, 1.82) is 0 Å². The number of carboxylic acids is 2. The third-order valence-electron chi connectivity index (χ3n) is 1.93. The summed E-state index contributed by atoms with van der Waals surface area (Å²) in [6.45, 7) is 11.2. The van der Waals surface area contributed by atoms with Crippen molar-refractivity contribution < 1.29 is 29.3 Å². The van der Waals surface area contributed by atoms with Crippen molar-refractivity contribution >= 4 is 17.9 Å². The van der Waals surface area contributed by atoms with Gasteiger partial charge in [0.15, 0.2) is 0 Å². The fourth-order valence-corrected chi connectivity index (χ4v) is 0.788. The monoisotopic (exact) mass is 320 g/mol. The van der Waals surface area contributed by atoms with Gasteiger partial charge in [-0.05, 0) is 12.5 Å². The first-order valence-electron chi connectivity index (χ1n) is 6.31. The lowest BCUT2D eigenvalue weighted by atomic mass is 10.2. The number of esters is 1. The molecule has 1 aromatic carbocycles. The van der Waals surface area contributed by atoms with E-state index in [9.17, 15) is 14.4 Å². The van der Waals surface area contributed by atoms with E-state index >= 15 is 0 Å². The van der Waals surface area contributed by atoms with Crippen molar-refractivity contribution in [2.75, 3.05) is 0 Å². The SMILES string of the molecule is C=C(C)C(=O)O.C=CC(=O)O.C=CC(=O)OCc1ccccc1. The maximum absolute atomic E-state index is 10.6. The fourth-order valence-electron chi connectivity index (χ4n) is 0.788. The van der Waals surface area contributed by atoms with Gasteiger partial charge in [0.05, 0.1) is 0 Å². The number of ether oxygens (including phenoxy) is 1. The van der Waals surface area contributed by atoms with Crippen molar-refractivity contribution in [3.05, 3.63) is 73.4 Å². The van der Waals surface area contributed by atoms with Crippen LogP contribution >= 0.6 is 0 Å². The molecule has 124 valence electrons. The Balaban J connectivity index is 0. The van der Waals surface area contributed by atoms with Gasteiger partial charge in [0, 0.05) is 17.7 Å². The van der Waals surface area contributed by atoms with Crippen LogP contribution in [0.3, 0.4) is 0 Å². The molecule has 0 saturated carbocycles. The lowest BCUT2D eigenvalue weighted by molar-refractivity contribution is -0.139. The summed E-state index contributed by atoms with van der Waals surface area (Å²) in [7, 11) is 0. The first kappa shape index (κ1) is 22.1. The second-order valence-electron chi connectivity index (χ2n) is 3.93. The highest BCUT2D eigenvalue weighted by Gasteiger charge is 1.95. The lowest BCUT2D eigenvalue weighted by Gasteiger charge is -2.00. The van der Waals surface area contributed by atoms with Gasteiger partial charge in [-0.25, -0.2) is 14.4 Å². The summed E-state index contributed by atoms with van der Waals surface area (Å²) in [5.74, 6) is -2.31.